The third-order valence-corrected chi connectivity index (χ3v) is 3.11. The average Bonchev–Trinajstić information content (AvgIpc) is 2.38. The Bertz CT molecular complexity index is 577. The van der Waals surface area contributed by atoms with E-state index in [0.29, 0.717) is 17.4 Å². The molecule has 100 valence electrons. The number of likely N-dealkylation sites (N-methyl/N-ethyl adjacent to an activating group) is 1. The minimum absolute atomic E-state index is 0.00428. The molecule has 0 aliphatic carbocycles. The van der Waals surface area contributed by atoms with Crippen molar-refractivity contribution in [3.8, 4) is 11.1 Å². The Balaban J connectivity index is 2.54. The normalized spacial score (nSPS) is 10.5. The lowest BCUT2D eigenvalue weighted by atomic mass is 10.0. The lowest BCUT2D eigenvalue weighted by Crippen LogP contribution is -2.22. The van der Waals surface area contributed by atoms with E-state index in [2.05, 4.69) is 4.98 Å². The van der Waals surface area contributed by atoms with E-state index in [9.17, 15) is 4.39 Å². The van der Waals surface area contributed by atoms with Gasteiger partial charge in [-0.3, -0.25) is 0 Å². The van der Waals surface area contributed by atoms with Crippen LogP contribution in [0.15, 0.2) is 36.5 Å². The van der Waals surface area contributed by atoms with Crippen molar-refractivity contribution in [1.29, 1.82) is 0 Å². The number of aliphatic hydroxyl groups is 1. The van der Waals surface area contributed by atoms with Crippen LogP contribution in [0.1, 0.15) is 0 Å². The van der Waals surface area contributed by atoms with Crippen LogP contribution in [-0.4, -0.2) is 30.3 Å². The molecule has 0 bridgehead atoms. The average molecular weight is 281 g/mol. The molecule has 1 heterocycles. The maximum absolute atomic E-state index is 13.3. The molecule has 0 unspecified atom stereocenters. The summed E-state index contributed by atoms with van der Waals surface area (Å²) in [4.78, 5) is 5.84. The molecule has 0 saturated carbocycles. The van der Waals surface area contributed by atoms with Gasteiger partial charge < -0.3 is 10.0 Å². The lowest BCUT2D eigenvalue weighted by Gasteiger charge is -2.22. The number of hydrogen-bond acceptors (Lipinski definition) is 3. The highest BCUT2D eigenvalue weighted by atomic mass is 35.5. The van der Waals surface area contributed by atoms with E-state index < -0.39 is 0 Å². The highest BCUT2D eigenvalue weighted by Gasteiger charge is 2.14. The number of benzene rings is 1. The van der Waals surface area contributed by atoms with Crippen molar-refractivity contribution in [2.75, 3.05) is 25.1 Å². The molecular formula is C14H14ClFN2O. The lowest BCUT2D eigenvalue weighted by molar-refractivity contribution is 0.304. The van der Waals surface area contributed by atoms with Crippen LogP contribution in [0.4, 0.5) is 10.1 Å². The van der Waals surface area contributed by atoms with E-state index >= 15 is 0 Å². The fraction of sp³-hybridized carbons (Fsp3) is 0.214. The molecule has 0 amide bonds. The summed E-state index contributed by atoms with van der Waals surface area (Å²) < 4.78 is 13.3. The van der Waals surface area contributed by atoms with E-state index in [1.54, 1.807) is 23.2 Å². The fourth-order valence-corrected chi connectivity index (χ4v) is 2.24. The van der Waals surface area contributed by atoms with Gasteiger partial charge in [0.15, 0.2) is 5.15 Å². The number of hydrogen-bond donors (Lipinski definition) is 1. The first-order valence-corrected chi connectivity index (χ1v) is 6.23. The van der Waals surface area contributed by atoms with Crippen LogP contribution in [0.5, 0.6) is 0 Å². The van der Waals surface area contributed by atoms with E-state index in [-0.39, 0.29) is 12.4 Å². The summed E-state index contributed by atoms with van der Waals surface area (Å²) in [6.07, 6.45) is 1.58. The zero-order valence-electron chi connectivity index (χ0n) is 10.5. The van der Waals surface area contributed by atoms with Gasteiger partial charge in [-0.15, -0.1) is 0 Å². The number of aromatic nitrogens is 1. The van der Waals surface area contributed by atoms with Crippen LogP contribution in [0, 0.1) is 5.82 Å². The number of rotatable bonds is 4. The first-order chi connectivity index (χ1) is 9.13. The highest BCUT2D eigenvalue weighted by Crippen LogP contribution is 2.34. The van der Waals surface area contributed by atoms with Crippen LogP contribution >= 0.6 is 11.6 Å². The van der Waals surface area contributed by atoms with Gasteiger partial charge in [-0.2, -0.15) is 0 Å². The molecule has 1 N–H and O–H groups in total. The Labute approximate surface area is 116 Å². The van der Waals surface area contributed by atoms with E-state index in [4.69, 9.17) is 16.7 Å². The molecular weight excluding hydrogens is 267 g/mol. The summed E-state index contributed by atoms with van der Waals surface area (Å²) >= 11 is 6.12. The number of nitrogens with zero attached hydrogens (tertiary/aromatic N) is 2. The van der Waals surface area contributed by atoms with Gasteiger partial charge in [-0.05, 0) is 23.8 Å². The molecule has 0 spiro atoms. The SMILES string of the molecule is CN(CCO)c1c(-c2cccc(F)c2)ccnc1Cl. The van der Waals surface area contributed by atoms with Gasteiger partial charge in [0, 0.05) is 25.4 Å². The first kappa shape index (κ1) is 13.8. The van der Waals surface area contributed by atoms with Crippen molar-refractivity contribution in [1.82, 2.24) is 4.98 Å². The van der Waals surface area contributed by atoms with Crippen LogP contribution in [0.3, 0.4) is 0 Å². The molecule has 0 fully saturated rings. The predicted octanol–water partition coefficient (Wildman–Crippen LogP) is 2.97. The molecule has 0 aliphatic rings. The van der Waals surface area contributed by atoms with Crippen LogP contribution < -0.4 is 4.90 Å². The van der Waals surface area contributed by atoms with Gasteiger partial charge in [0.25, 0.3) is 0 Å². The monoisotopic (exact) mass is 280 g/mol. The van der Waals surface area contributed by atoms with Crippen molar-refractivity contribution in [3.63, 3.8) is 0 Å². The van der Waals surface area contributed by atoms with Gasteiger partial charge in [-0.25, -0.2) is 9.37 Å². The van der Waals surface area contributed by atoms with Crippen LogP contribution in [-0.2, 0) is 0 Å². The second-order valence-electron chi connectivity index (χ2n) is 4.15. The Kier molecular flexibility index (Phi) is 4.35. The molecule has 0 radical (unpaired) electrons. The van der Waals surface area contributed by atoms with Crippen LogP contribution in [0.2, 0.25) is 5.15 Å². The van der Waals surface area contributed by atoms with Crippen molar-refractivity contribution in [2.24, 2.45) is 0 Å². The van der Waals surface area contributed by atoms with Crippen molar-refractivity contribution in [2.45, 2.75) is 0 Å². The molecule has 2 aromatic rings. The minimum atomic E-state index is -0.304. The Morgan fingerprint density at radius 1 is 1.37 bits per heavy atom. The molecule has 19 heavy (non-hydrogen) atoms. The second kappa shape index (κ2) is 5.99. The largest absolute Gasteiger partial charge is 0.395 e. The topological polar surface area (TPSA) is 36.4 Å². The number of pyridine rings is 1. The summed E-state index contributed by atoms with van der Waals surface area (Å²) in [5.41, 5.74) is 2.20. The molecule has 1 aromatic carbocycles. The highest BCUT2D eigenvalue weighted by molar-refractivity contribution is 6.32. The molecule has 5 heteroatoms. The molecule has 0 saturated heterocycles. The molecule has 0 aliphatic heterocycles. The number of halogens is 2. The van der Waals surface area contributed by atoms with Gasteiger partial charge >= 0.3 is 0 Å². The zero-order valence-corrected chi connectivity index (χ0v) is 11.2. The van der Waals surface area contributed by atoms with Gasteiger partial charge in [0.05, 0.1) is 12.3 Å². The maximum atomic E-state index is 13.3. The quantitative estimate of drug-likeness (QED) is 0.875. The van der Waals surface area contributed by atoms with Crippen molar-refractivity contribution < 1.29 is 9.50 Å². The van der Waals surface area contributed by atoms with E-state index in [1.807, 2.05) is 13.1 Å². The molecule has 2 rings (SSSR count). The zero-order chi connectivity index (χ0) is 13.8. The summed E-state index contributed by atoms with van der Waals surface area (Å²) in [6.45, 7) is 0.429. The van der Waals surface area contributed by atoms with Gasteiger partial charge in [-0.1, -0.05) is 23.7 Å². The van der Waals surface area contributed by atoms with E-state index in [1.165, 1.54) is 12.1 Å². The Hall–Kier alpha value is -1.65. The maximum Gasteiger partial charge on any atom is 0.152 e. The molecule has 1 aromatic heterocycles. The smallest absolute Gasteiger partial charge is 0.152 e. The summed E-state index contributed by atoms with van der Waals surface area (Å²) in [6, 6.07) is 8.08. The minimum Gasteiger partial charge on any atom is -0.395 e. The Morgan fingerprint density at radius 2 is 2.16 bits per heavy atom. The Morgan fingerprint density at radius 3 is 2.84 bits per heavy atom. The third-order valence-electron chi connectivity index (χ3n) is 2.83. The van der Waals surface area contributed by atoms with E-state index in [0.717, 1.165) is 11.1 Å². The number of anilines is 1. The summed E-state index contributed by atoms with van der Waals surface area (Å²) in [5.74, 6) is -0.304. The summed E-state index contributed by atoms with van der Waals surface area (Å²) in [7, 11) is 1.81. The standard InChI is InChI=1S/C14H14ClFN2O/c1-18(7-8-19)13-12(5-6-17-14(13)15)10-3-2-4-11(16)9-10/h2-6,9,19H,7-8H2,1H3. The first-order valence-electron chi connectivity index (χ1n) is 5.86. The predicted molar refractivity (Wildman–Crippen MR) is 75.0 cm³/mol. The van der Waals surface area contributed by atoms with Crippen molar-refractivity contribution in [3.05, 3.63) is 47.5 Å². The summed E-state index contributed by atoms with van der Waals surface area (Å²) in [5, 5.41) is 9.36. The molecule has 3 nitrogen and oxygen atoms in total. The van der Waals surface area contributed by atoms with Gasteiger partial charge in [0.1, 0.15) is 5.82 Å². The van der Waals surface area contributed by atoms with Gasteiger partial charge in [0.2, 0.25) is 0 Å². The second-order valence-corrected chi connectivity index (χ2v) is 4.51. The fourth-order valence-electron chi connectivity index (χ4n) is 1.94. The van der Waals surface area contributed by atoms with Crippen molar-refractivity contribution >= 4 is 17.3 Å². The third kappa shape index (κ3) is 3.03. The number of aliphatic hydroxyl groups excluding tert-OH is 1. The molecule has 0 atom stereocenters. The van der Waals surface area contributed by atoms with Crippen LogP contribution in [0.25, 0.3) is 11.1 Å².